The first-order valence-electron chi connectivity index (χ1n) is 6.20. The van der Waals surface area contributed by atoms with E-state index in [4.69, 9.17) is 11.6 Å². The molecular formula is C14H19ClN2O. The Bertz CT molecular complexity index is 459. The van der Waals surface area contributed by atoms with Gasteiger partial charge in [0.1, 0.15) is 0 Å². The van der Waals surface area contributed by atoms with E-state index in [1.54, 1.807) is 0 Å². The number of halogens is 1. The number of hydrogen-bond donors (Lipinski definition) is 1. The molecule has 1 atom stereocenters. The average molecular weight is 267 g/mol. The molecule has 0 aliphatic carbocycles. The first-order chi connectivity index (χ1) is 8.46. The van der Waals surface area contributed by atoms with Crippen molar-refractivity contribution in [2.75, 3.05) is 18.5 Å². The molecule has 3 nitrogen and oxygen atoms in total. The van der Waals surface area contributed by atoms with Crippen LogP contribution in [-0.4, -0.2) is 25.0 Å². The number of carbonyl (C=O) groups is 1. The van der Waals surface area contributed by atoms with Crippen LogP contribution < -0.4 is 10.2 Å². The molecule has 98 valence electrons. The highest BCUT2D eigenvalue weighted by molar-refractivity contribution is 6.30. The summed E-state index contributed by atoms with van der Waals surface area (Å²) < 4.78 is 0. The fourth-order valence-corrected chi connectivity index (χ4v) is 2.90. The molecule has 0 saturated carbocycles. The van der Waals surface area contributed by atoms with Gasteiger partial charge in [0.05, 0.1) is 0 Å². The molecule has 18 heavy (non-hydrogen) atoms. The van der Waals surface area contributed by atoms with Crippen LogP contribution in [0.2, 0.25) is 5.02 Å². The highest BCUT2D eigenvalue weighted by atomic mass is 35.5. The largest absolute Gasteiger partial charge is 0.319 e. The number of anilines is 1. The molecule has 1 amide bonds. The average Bonchev–Trinajstić information content (AvgIpc) is 2.49. The van der Waals surface area contributed by atoms with E-state index in [1.165, 1.54) is 0 Å². The quantitative estimate of drug-likeness (QED) is 0.912. The standard InChI is InChI=1S/C14H19ClN2O/c1-14(2)10(9-16-3)7-13(18)17(14)12-6-4-5-11(15)8-12/h4-6,8,10,16H,7,9H2,1-3H3. The monoisotopic (exact) mass is 266 g/mol. The number of nitrogens with zero attached hydrogens (tertiary/aromatic N) is 1. The van der Waals surface area contributed by atoms with Gasteiger partial charge in [-0.05, 0) is 39.1 Å². The van der Waals surface area contributed by atoms with E-state index < -0.39 is 0 Å². The smallest absolute Gasteiger partial charge is 0.227 e. The highest BCUT2D eigenvalue weighted by Gasteiger charge is 2.46. The van der Waals surface area contributed by atoms with E-state index in [1.807, 2.05) is 36.2 Å². The molecule has 0 aromatic heterocycles. The van der Waals surface area contributed by atoms with Gasteiger partial charge in [0.25, 0.3) is 0 Å². The fraction of sp³-hybridized carbons (Fsp3) is 0.500. The molecule has 1 aliphatic rings. The first kappa shape index (κ1) is 13.4. The van der Waals surface area contributed by atoms with Gasteiger partial charge >= 0.3 is 0 Å². The lowest BCUT2D eigenvalue weighted by molar-refractivity contribution is -0.117. The normalized spacial score (nSPS) is 22.6. The minimum Gasteiger partial charge on any atom is -0.319 e. The maximum Gasteiger partial charge on any atom is 0.227 e. The third-order valence-electron chi connectivity index (χ3n) is 3.76. The molecule has 2 rings (SSSR count). The van der Waals surface area contributed by atoms with Gasteiger partial charge in [-0.25, -0.2) is 0 Å². The van der Waals surface area contributed by atoms with Crippen LogP contribution in [0.5, 0.6) is 0 Å². The van der Waals surface area contributed by atoms with Crippen LogP contribution in [0.1, 0.15) is 20.3 Å². The van der Waals surface area contributed by atoms with Crippen molar-refractivity contribution in [2.24, 2.45) is 5.92 Å². The van der Waals surface area contributed by atoms with E-state index in [9.17, 15) is 4.79 Å². The maximum atomic E-state index is 12.2. The highest BCUT2D eigenvalue weighted by Crippen LogP contribution is 2.39. The van der Waals surface area contributed by atoms with Crippen molar-refractivity contribution >= 4 is 23.2 Å². The SMILES string of the molecule is CNCC1CC(=O)N(c2cccc(Cl)c2)C1(C)C. The maximum absolute atomic E-state index is 12.2. The number of amides is 1. The van der Waals surface area contributed by atoms with Crippen molar-refractivity contribution < 1.29 is 4.79 Å². The Kier molecular flexibility index (Phi) is 3.64. The summed E-state index contributed by atoms with van der Waals surface area (Å²) in [7, 11) is 1.92. The Labute approximate surface area is 113 Å². The molecule has 0 bridgehead atoms. The van der Waals surface area contributed by atoms with Crippen LogP contribution in [0.25, 0.3) is 0 Å². The molecule has 1 fully saturated rings. The van der Waals surface area contributed by atoms with E-state index in [2.05, 4.69) is 19.2 Å². The second kappa shape index (κ2) is 4.90. The molecule has 1 aromatic rings. The van der Waals surface area contributed by atoms with Crippen molar-refractivity contribution in [1.29, 1.82) is 0 Å². The summed E-state index contributed by atoms with van der Waals surface area (Å²) in [4.78, 5) is 14.1. The summed E-state index contributed by atoms with van der Waals surface area (Å²) in [5, 5.41) is 3.82. The third-order valence-corrected chi connectivity index (χ3v) is 4.00. The zero-order chi connectivity index (χ0) is 13.3. The number of hydrogen-bond acceptors (Lipinski definition) is 2. The summed E-state index contributed by atoms with van der Waals surface area (Å²) >= 11 is 6.01. The Morgan fingerprint density at radius 3 is 2.83 bits per heavy atom. The number of rotatable bonds is 3. The molecule has 1 aromatic carbocycles. The lowest BCUT2D eigenvalue weighted by Gasteiger charge is -2.36. The molecule has 4 heteroatoms. The Morgan fingerprint density at radius 2 is 2.22 bits per heavy atom. The van der Waals surface area contributed by atoms with E-state index >= 15 is 0 Å². The van der Waals surface area contributed by atoms with Crippen molar-refractivity contribution in [2.45, 2.75) is 25.8 Å². The van der Waals surface area contributed by atoms with Crippen LogP contribution in [0.3, 0.4) is 0 Å². The van der Waals surface area contributed by atoms with Crippen LogP contribution in [0, 0.1) is 5.92 Å². The summed E-state index contributed by atoms with van der Waals surface area (Å²) in [6, 6.07) is 7.49. The lowest BCUT2D eigenvalue weighted by Crippen LogP contribution is -2.46. The minimum atomic E-state index is -0.190. The van der Waals surface area contributed by atoms with Gasteiger partial charge in [0.15, 0.2) is 0 Å². The molecule has 1 saturated heterocycles. The van der Waals surface area contributed by atoms with Crippen LogP contribution >= 0.6 is 11.6 Å². The summed E-state index contributed by atoms with van der Waals surface area (Å²) in [5.74, 6) is 0.483. The molecule has 1 unspecified atom stereocenters. The van der Waals surface area contributed by atoms with Crippen molar-refractivity contribution in [3.63, 3.8) is 0 Å². The number of nitrogens with one attached hydrogen (secondary N) is 1. The van der Waals surface area contributed by atoms with Gasteiger partial charge in [0, 0.05) is 35.1 Å². The van der Waals surface area contributed by atoms with Crippen molar-refractivity contribution in [3.8, 4) is 0 Å². The van der Waals surface area contributed by atoms with Crippen LogP contribution in [0.15, 0.2) is 24.3 Å². The lowest BCUT2D eigenvalue weighted by atomic mass is 9.88. The number of carbonyl (C=O) groups excluding carboxylic acids is 1. The molecule has 0 spiro atoms. The first-order valence-corrected chi connectivity index (χ1v) is 6.58. The van der Waals surface area contributed by atoms with E-state index in [0.29, 0.717) is 17.4 Å². The molecule has 1 N–H and O–H groups in total. The fourth-order valence-electron chi connectivity index (χ4n) is 2.72. The van der Waals surface area contributed by atoms with E-state index in [-0.39, 0.29) is 11.4 Å². The summed E-state index contributed by atoms with van der Waals surface area (Å²) in [6.45, 7) is 5.07. The minimum absolute atomic E-state index is 0.169. The zero-order valence-corrected chi connectivity index (χ0v) is 11.8. The third kappa shape index (κ3) is 2.25. The molecule has 0 radical (unpaired) electrons. The van der Waals surface area contributed by atoms with Gasteiger partial charge in [-0.2, -0.15) is 0 Å². The van der Waals surface area contributed by atoms with Gasteiger partial charge in [-0.1, -0.05) is 17.7 Å². The van der Waals surface area contributed by atoms with Gasteiger partial charge in [0.2, 0.25) is 5.91 Å². The van der Waals surface area contributed by atoms with Gasteiger partial charge < -0.3 is 10.2 Å². The summed E-state index contributed by atoms with van der Waals surface area (Å²) in [5.41, 5.74) is 0.696. The Hall–Kier alpha value is -1.06. The molecular weight excluding hydrogens is 248 g/mol. The molecule has 1 heterocycles. The van der Waals surface area contributed by atoms with Crippen molar-refractivity contribution in [1.82, 2.24) is 5.32 Å². The predicted octanol–water partition coefficient (Wildman–Crippen LogP) is 2.69. The Morgan fingerprint density at radius 1 is 1.50 bits per heavy atom. The Balaban J connectivity index is 2.35. The predicted molar refractivity (Wildman–Crippen MR) is 75.1 cm³/mol. The van der Waals surface area contributed by atoms with Gasteiger partial charge in [-0.3, -0.25) is 4.79 Å². The van der Waals surface area contributed by atoms with Crippen molar-refractivity contribution in [3.05, 3.63) is 29.3 Å². The molecule has 1 aliphatic heterocycles. The second-order valence-electron chi connectivity index (χ2n) is 5.32. The van der Waals surface area contributed by atoms with Gasteiger partial charge in [-0.15, -0.1) is 0 Å². The zero-order valence-electron chi connectivity index (χ0n) is 11.0. The summed E-state index contributed by atoms with van der Waals surface area (Å²) in [6.07, 6.45) is 0.584. The van der Waals surface area contributed by atoms with Crippen LogP contribution in [-0.2, 0) is 4.79 Å². The number of benzene rings is 1. The van der Waals surface area contributed by atoms with E-state index in [0.717, 1.165) is 12.2 Å². The topological polar surface area (TPSA) is 32.3 Å². The van der Waals surface area contributed by atoms with Crippen LogP contribution in [0.4, 0.5) is 5.69 Å². The second-order valence-corrected chi connectivity index (χ2v) is 5.76.